The second-order valence-electron chi connectivity index (χ2n) is 4.54. The van der Waals surface area contributed by atoms with Crippen LogP contribution in [0.5, 0.6) is 0 Å². The van der Waals surface area contributed by atoms with Crippen molar-refractivity contribution in [2.45, 2.75) is 39.0 Å². The van der Waals surface area contributed by atoms with E-state index in [9.17, 15) is 4.79 Å². The Balaban J connectivity index is 1.99. The maximum atomic E-state index is 11.5. The molecule has 19 heavy (non-hydrogen) atoms. The molecule has 108 valence electrons. The molecule has 0 radical (unpaired) electrons. The van der Waals surface area contributed by atoms with Crippen molar-refractivity contribution >= 4 is 17.7 Å². The van der Waals surface area contributed by atoms with E-state index in [0.29, 0.717) is 24.7 Å². The second-order valence-corrected chi connectivity index (χ2v) is 5.53. The van der Waals surface area contributed by atoms with Crippen molar-refractivity contribution < 1.29 is 14.1 Å². The van der Waals surface area contributed by atoms with Crippen LogP contribution >= 0.6 is 11.8 Å². The van der Waals surface area contributed by atoms with Crippen LogP contribution in [0, 0.1) is 6.92 Å². The topological polar surface area (TPSA) is 64.4 Å². The molecule has 1 N–H and O–H groups in total. The largest absolute Gasteiger partial charge is 0.379 e. The molecule has 0 atom stereocenters. The molecule has 0 saturated carbocycles. The zero-order valence-corrected chi connectivity index (χ0v) is 12.6. The van der Waals surface area contributed by atoms with Crippen LogP contribution in [0.15, 0.2) is 10.6 Å². The third kappa shape index (κ3) is 7.89. The molecule has 5 nitrogen and oxygen atoms in total. The van der Waals surface area contributed by atoms with Crippen LogP contribution in [0.3, 0.4) is 0 Å². The molecule has 0 bridgehead atoms. The monoisotopic (exact) mass is 286 g/mol. The summed E-state index contributed by atoms with van der Waals surface area (Å²) < 4.78 is 10.3. The fourth-order valence-corrected chi connectivity index (χ4v) is 2.14. The number of nitrogens with one attached hydrogen (secondary N) is 1. The van der Waals surface area contributed by atoms with Gasteiger partial charge in [-0.15, -0.1) is 11.8 Å². The van der Waals surface area contributed by atoms with Crippen molar-refractivity contribution in [1.29, 1.82) is 0 Å². The summed E-state index contributed by atoms with van der Waals surface area (Å²) in [6, 6.07) is 1.88. The highest BCUT2D eigenvalue weighted by atomic mass is 32.2. The van der Waals surface area contributed by atoms with Gasteiger partial charge in [0.25, 0.3) is 0 Å². The summed E-state index contributed by atoms with van der Waals surface area (Å²) in [7, 11) is 0. The number of rotatable bonds is 9. The van der Waals surface area contributed by atoms with E-state index in [1.54, 1.807) is 0 Å². The Morgan fingerprint density at radius 3 is 3.00 bits per heavy atom. The first-order valence-corrected chi connectivity index (χ1v) is 7.61. The zero-order chi connectivity index (χ0) is 14.1. The van der Waals surface area contributed by atoms with E-state index in [0.717, 1.165) is 17.9 Å². The van der Waals surface area contributed by atoms with Crippen LogP contribution in [0.25, 0.3) is 0 Å². The van der Waals surface area contributed by atoms with Crippen LogP contribution in [-0.2, 0) is 15.3 Å². The van der Waals surface area contributed by atoms with Crippen molar-refractivity contribution in [3.63, 3.8) is 0 Å². The summed E-state index contributed by atoms with van der Waals surface area (Å²) in [5.41, 5.74) is 0.876. The van der Waals surface area contributed by atoms with Crippen LogP contribution < -0.4 is 5.32 Å². The van der Waals surface area contributed by atoms with Crippen LogP contribution in [0.4, 0.5) is 0 Å². The van der Waals surface area contributed by atoms with Crippen molar-refractivity contribution in [2.24, 2.45) is 0 Å². The Bertz CT molecular complexity index is 380. The minimum absolute atomic E-state index is 0.0507. The number of hydrogen-bond acceptors (Lipinski definition) is 5. The van der Waals surface area contributed by atoms with E-state index in [1.807, 2.05) is 26.8 Å². The quantitative estimate of drug-likeness (QED) is 0.705. The van der Waals surface area contributed by atoms with Gasteiger partial charge in [-0.25, -0.2) is 0 Å². The lowest BCUT2D eigenvalue weighted by Crippen LogP contribution is -2.27. The molecule has 1 rings (SSSR count). The standard InChI is InChI=1S/C13H22N2O3S/c1-10(2)17-6-4-5-14-13(16)9-19-8-12-7-11(3)18-15-12/h7,10H,4-6,8-9H2,1-3H3,(H,14,16). The van der Waals surface area contributed by atoms with E-state index in [1.165, 1.54) is 11.8 Å². The van der Waals surface area contributed by atoms with Gasteiger partial charge in [-0.2, -0.15) is 0 Å². The van der Waals surface area contributed by atoms with Crippen molar-refractivity contribution in [2.75, 3.05) is 18.9 Å². The average Bonchev–Trinajstić information content (AvgIpc) is 2.74. The van der Waals surface area contributed by atoms with Crippen molar-refractivity contribution in [1.82, 2.24) is 10.5 Å². The Labute approximate surface area is 118 Å². The molecule has 1 amide bonds. The molecule has 0 fully saturated rings. The molecule has 1 aromatic rings. The first kappa shape index (κ1) is 16.0. The molecule has 6 heteroatoms. The summed E-state index contributed by atoms with van der Waals surface area (Å²) >= 11 is 1.53. The van der Waals surface area contributed by atoms with E-state index >= 15 is 0 Å². The van der Waals surface area contributed by atoms with Gasteiger partial charge in [0.1, 0.15) is 5.76 Å². The Hall–Kier alpha value is -1.01. The molecule has 0 aromatic carbocycles. The van der Waals surface area contributed by atoms with Gasteiger partial charge in [0.2, 0.25) is 5.91 Å². The van der Waals surface area contributed by atoms with Gasteiger partial charge < -0.3 is 14.6 Å². The molecule has 0 saturated heterocycles. The highest BCUT2D eigenvalue weighted by molar-refractivity contribution is 7.99. The second kappa shape index (κ2) is 8.98. The van der Waals surface area contributed by atoms with Crippen molar-refractivity contribution in [3.05, 3.63) is 17.5 Å². The number of aryl methyl sites for hydroxylation is 1. The maximum Gasteiger partial charge on any atom is 0.230 e. The number of carbonyl (C=O) groups is 1. The fourth-order valence-electron chi connectivity index (χ4n) is 1.40. The number of aromatic nitrogens is 1. The Morgan fingerprint density at radius 1 is 1.58 bits per heavy atom. The third-order valence-corrected chi connectivity index (χ3v) is 3.22. The van der Waals surface area contributed by atoms with Gasteiger partial charge in [-0.1, -0.05) is 5.16 Å². The maximum absolute atomic E-state index is 11.5. The van der Waals surface area contributed by atoms with Gasteiger partial charge in [0.05, 0.1) is 17.6 Å². The van der Waals surface area contributed by atoms with Gasteiger partial charge in [-0.05, 0) is 27.2 Å². The lowest BCUT2D eigenvalue weighted by molar-refractivity contribution is -0.118. The van der Waals surface area contributed by atoms with Gasteiger partial charge in [0.15, 0.2) is 0 Å². The molecule has 1 heterocycles. The molecular formula is C13H22N2O3S. The summed E-state index contributed by atoms with van der Waals surface area (Å²) in [4.78, 5) is 11.5. The van der Waals surface area contributed by atoms with Crippen LogP contribution in [-0.4, -0.2) is 36.1 Å². The highest BCUT2D eigenvalue weighted by Gasteiger charge is 2.04. The molecule has 0 aliphatic heterocycles. The summed E-state index contributed by atoms with van der Waals surface area (Å²) in [5.74, 6) is 1.98. The highest BCUT2D eigenvalue weighted by Crippen LogP contribution is 2.11. The summed E-state index contributed by atoms with van der Waals surface area (Å²) in [5, 5.41) is 6.74. The average molecular weight is 286 g/mol. The number of amides is 1. The van der Waals surface area contributed by atoms with E-state index in [-0.39, 0.29) is 12.0 Å². The zero-order valence-electron chi connectivity index (χ0n) is 11.8. The normalized spacial score (nSPS) is 10.9. The number of ether oxygens (including phenoxy) is 1. The van der Waals surface area contributed by atoms with Gasteiger partial charge >= 0.3 is 0 Å². The number of nitrogens with zero attached hydrogens (tertiary/aromatic N) is 1. The number of hydrogen-bond donors (Lipinski definition) is 1. The smallest absolute Gasteiger partial charge is 0.230 e. The fraction of sp³-hybridized carbons (Fsp3) is 0.692. The van der Waals surface area contributed by atoms with Crippen LogP contribution in [0.1, 0.15) is 31.7 Å². The predicted molar refractivity (Wildman–Crippen MR) is 76.1 cm³/mol. The van der Waals surface area contributed by atoms with Gasteiger partial charge in [-0.3, -0.25) is 4.79 Å². The van der Waals surface area contributed by atoms with E-state index in [4.69, 9.17) is 9.26 Å². The molecule has 0 unspecified atom stereocenters. The molecular weight excluding hydrogens is 264 g/mol. The van der Waals surface area contributed by atoms with Crippen LogP contribution in [0.2, 0.25) is 0 Å². The SMILES string of the molecule is Cc1cc(CSCC(=O)NCCCOC(C)C)no1. The minimum Gasteiger partial charge on any atom is -0.379 e. The van der Waals surface area contributed by atoms with Gasteiger partial charge in [0, 0.05) is 25.0 Å². The number of carbonyl (C=O) groups excluding carboxylic acids is 1. The summed E-state index contributed by atoms with van der Waals surface area (Å²) in [6.07, 6.45) is 1.09. The van der Waals surface area contributed by atoms with E-state index < -0.39 is 0 Å². The third-order valence-electron chi connectivity index (χ3n) is 2.25. The first-order valence-electron chi connectivity index (χ1n) is 6.46. The molecule has 0 spiro atoms. The Kier molecular flexibility index (Phi) is 7.59. The number of thioether (sulfide) groups is 1. The molecule has 1 aromatic heterocycles. The Morgan fingerprint density at radius 2 is 2.37 bits per heavy atom. The van der Waals surface area contributed by atoms with Crippen molar-refractivity contribution in [3.8, 4) is 0 Å². The predicted octanol–water partition coefficient (Wildman–Crippen LogP) is 2.15. The lowest BCUT2D eigenvalue weighted by atomic mass is 10.4. The first-order chi connectivity index (χ1) is 9.08. The van der Waals surface area contributed by atoms with E-state index in [2.05, 4.69) is 10.5 Å². The molecule has 0 aliphatic carbocycles. The minimum atomic E-state index is 0.0507. The summed E-state index contributed by atoms with van der Waals surface area (Å²) in [6.45, 7) is 7.20. The molecule has 0 aliphatic rings. The lowest BCUT2D eigenvalue weighted by Gasteiger charge is -2.08.